The lowest BCUT2D eigenvalue weighted by atomic mass is 9.66. The summed E-state index contributed by atoms with van der Waals surface area (Å²) in [5, 5.41) is 13.4. The monoisotopic (exact) mass is 292 g/mol. The van der Waals surface area contributed by atoms with Crippen molar-refractivity contribution in [3.8, 4) is 11.5 Å². The molecule has 1 heterocycles. The smallest absolute Gasteiger partial charge is 0.131 e. The number of ether oxygens (including phenoxy) is 2. The SMILES string of the molecule is COc1ccc([C@@H]2[NH2+]CC[C@@]3(O)CCCC[C@@H]23)c(OC)c1. The minimum Gasteiger partial charge on any atom is -0.497 e. The molecule has 1 aromatic carbocycles. The second-order valence-corrected chi connectivity index (χ2v) is 6.36. The fourth-order valence-electron chi connectivity index (χ4n) is 4.19. The molecule has 1 aromatic rings. The maximum absolute atomic E-state index is 11.0. The van der Waals surface area contributed by atoms with Gasteiger partial charge in [-0.25, -0.2) is 0 Å². The molecule has 21 heavy (non-hydrogen) atoms. The zero-order valence-corrected chi connectivity index (χ0v) is 13.0. The van der Waals surface area contributed by atoms with Crippen LogP contribution in [0.3, 0.4) is 0 Å². The first-order chi connectivity index (χ1) is 10.2. The maximum atomic E-state index is 11.0. The molecule has 1 saturated carbocycles. The van der Waals surface area contributed by atoms with E-state index in [4.69, 9.17) is 9.47 Å². The molecule has 3 rings (SSSR count). The van der Waals surface area contributed by atoms with E-state index in [1.807, 2.05) is 12.1 Å². The van der Waals surface area contributed by atoms with Crippen LogP contribution in [0.5, 0.6) is 11.5 Å². The number of piperidine rings is 1. The first kappa shape index (κ1) is 14.7. The predicted octanol–water partition coefficient (Wildman–Crippen LogP) is 1.63. The molecule has 0 spiro atoms. The van der Waals surface area contributed by atoms with Crippen molar-refractivity contribution in [2.24, 2.45) is 5.92 Å². The Labute approximate surface area is 126 Å². The molecule has 0 unspecified atom stereocenters. The average Bonchev–Trinajstić information content (AvgIpc) is 2.53. The molecule has 4 nitrogen and oxygen atoms in total. The highest BCUT2D eigenvalue weighted by atomic mass is 16.5. The van der Waals surface area contributed by atoms with Gasteiger partial charge >= 0.3 is 0 Å². The summed E-state index contributed by atoms with van der Waals surface area (Å²) in [6, 6.07) is 6.31. The molecule has 0 aromatic heterocycles. The topological polar surface area (TPSA) is 55.3 Å². The van der Waals surface area contributed by atoms with Crippen molar-refractivity contribution >= 4 is 0 Å². The van der Waals surface area contributed by atoms with E-state index >= 15 is 0 Å². The first-order valence-corrected chi connectivity index (χ1v) is 7.95. The number of methoxy groups -OCH3 is 2. The number of hydrogen-bond acceptors (Lipinski definition) is 3. The van der Waals surface area contributed by atoms with E-state index in [1.165, 1.54) is 12.0 Å². The Kier molecular flexibility index (Phi) is 4.09. The van der Waals surface area contributed by atoms with Gasteiger partial charge in [0.25, 0.3) is 0 Å². The van der Waals surface area contributed by atoms with E-state index in [9.17, 15) is 5.11 Å². The molecule has 4 heteroatoms. The Morgan fingerprint density at radius 1 is 1.19 bits per heavy atom. The second kappa shape index (κ2) is 5.85. The number of fused-ring (bicyclic) bond motifs is 1. The van der Waals surface area contributed by atoms with Crippen LogP contribution in [0.2, 0.25) is 0 Å². The van der Waals surface area contributed by atoms with Gasteiger partial charge in [-0.15, -0.1) is 0 Å². The van der Waals surface area contributed by atoms with Crippen molar-refractivity contribution in [3.63, 3.8) is 0 Å². The van der Waals surface area contributed by atoms with Gasteiger partial charge in [-0.3, -0.25) is 0 Å². The summed E-state index contributed by atoms with van der Waals surface area (Å²) in [6.45, 7) is 0.979. The summed E-state index contributed by atoms with van der Waals surface area (Å²) in [5.41, 5.74) is 0.700. The van der Waals surface area contributed by atoms with Crippen molar-refractivity contribution in [3.05, 3.63) is 23.8 Å². The molecule has 1 aliphatic heterocycles. The minimum atomic E-state index is -0.484. The summed E-state index contributed by atoms with van der Waals surface area (Å²) in [7, 11) is 3.37. The summed E-state index contributed by atoms with van der Waals surface area (Å²) < 4.78 is 10.9. The van der Waals surface area contributed by atoms with E-state index in [0.29, 0.717) is 5.92 Å². The third kappa shape index (κ3) is 2.62. The zero-order chi connectivity index (χ0) is 14.9. The van der Waals surface area contributed by atoms with Crippen LogP contribution in [0.1, 0.15) is 43.7 Å². The summed E-state index contributed by atoms with van der Waals surface area (Å²) in [4.78, 5) is 0. The highest BCUT2D eigenvalue weighted by Gasteiger charge is 2.49. The number of nitrogens with two attached hydrogens (primary N) is 1. The lowest BCUT2D eigenvalue weighted by Gasteiger charge is -2.46. The van der Waals surface area contributed by atoms with E-state index in [-0.39, 0.29) is 6.04 Å². The Balaban J connectivity index is 1.95. The lowest BCUT2D eigenvalue weighted by molar-refractivity contribution is -0.719. The van der Waals surface area contributed by atoms with Gasteiger partial charge in [0, 0.05) is 18.4 Å². The van der Waals surface area contributed by atoms with Crippen LogP contribution < -0.4 is 14.8 Å². The molecule has 3 atom stereocenters. The van der Waals surface area contributed by atoms with Gasteiger partial charge in [0.05, 0.1) is 31.9 Å². The number of benzene rings is 1. The van der Waals surface area contributed by atoms with Gasteiger partial charge in [0.15, 0.2) is 0 Å². The number of rotatable bonds is 3. The van der Waals surface area contributed by atoms with Crippen LogP contribution in [-0.4, -0.2) is 31.5 Å². The van der Waals surface area contributed by atoms with E-state index in [2.05, 4.69) is 11.4 Å². The quantitative estimate of drug-likeness (QED) is 0.890. The molecular weight excluding hydrogens is 266 g/mol. The van der Waals surface area contributed by atoms with E-state index in [0.717, 1.165) is 43.7 Å². The highest BCUT2D eigenvalue weighted by Crippen LogP contribution is 2.45. The molecule has 2 aliphatic rings. The van der Waals surface area contributed by atoms with Crippen LogP contribution in [0, 0.1) is 5.92 Å². The van der Waals surface area contributed by atoms with Crippen molar-refractivity contribution < 1.29 is 19.9 Å². The van der Waals surface area contributed by atoms with Crippen LogP contribution in [-0.2, 0) is 0 Å². The molecule has 2 fully saturated rings. The van der Waals surface area contributed by atoms with Crippen molar-refractivity contribution in [2.75, 3.05) is 20.8 Å². The molecule has 116 valence electrons. The number of aliphatic hydroxyl groups is 1. The molecule has 1 aliphatic carbocycles. The van der Waals surface area contributed by atoms with Gasteiger partial charge in [0.2, 0.25) is 0 Å². The van der Waals surface area contributed by atoms with Crippen LogP contribution in [0.25, 0.3) is 0 Å². The largest absolute Gasteiger partial charge is 0.497 e. The third-order valence-electron chi connectivity index (χ3n) is 5.30. The van der Waals surface area contributed by atoms with Crippen LogP contribution in [0.15, 0.2) is 18.2 Å². The number of hydrogen-bond donors (Lipinski definition) is 2. The fraction of sp³-hybridized carbons (Fsp3) is 0.647. The summed E-state index contributed by atoms with van der Waals surface area (Å²) in [6.07, 6.45) is 5.33. The normalized spacial score (nSPS) is 32.3. The van der Waals surface area contributed by atoms with Crippen molar-refractivity contribution in [1.82, 2.24) is 0 Å². The van der Waals surface area contributed by atoms with Gasteiger partial charge in [-0.1, -0.05) is 12.8 Å². The standard InChI is InChI=1S/C17H25NO3/c1-20-12-6-7-13(15(11-12)21-2)16-14-5-3-4-8-17(14,19)9-10-18-16/h6-7,11,14,16,18-19H,3-5,8-10H2,1-2H3/p+1/t14-,16-,17-/m0/s1. The second-order valence-electron chi connectivity index (χ2n) is 6.36. The molecule has 0 radical (unpaired) electrons. The van der Waals surface area contributed by atoms with Gasteiger partial charge in [0.1, 0.15) is 17.5 Å². The predicted molar refractivity (Wildman–Crippen MR) is 80.6 cm³/mol. The highest BCUT2D eigenvalue weighted by molar-refractivity contribution is 5.42. The van der Waals surface area contributed by atoms with Crippen molar-refractivity contribution in [2.45, 2.75) is 43.7 Å². The minimum absolute atomic E-state index is 0.282. The van der Waals surface area contributed by atoms with Gasteiger partial charge in [-0.2, -0.15) is 0 Å². The lowest BCUT2D eigenvalue weighted by Crippen LogP contribution is -2.91. The molecular formula is C17H26NO3+. The van der Waals surface area contributed by atoms with Crippen LogP contribution >= 0.6 is 0 Å². The Morgan fingerprint density at radius 3 is 2.81 bits per heavy atom. The molecule has 0 amide bonds. The maximum Gasteiger partial charge on any atom is 0.131 e. The molecule has 1 saturated heterocycles. The summed E-state index contributed by atoms with van der Waals surface area (Å²) >= 11 is 0. The Hall–Kier alpha value is -1.26. The van der Waals surface area contributed by atoms with E-state index in [1.54, 1.807) is 14.2 Å². The van der Waals surface area contributed by atoms with E-state index < -0.39 is 5.60 Å². The van der Waals surface area contributed by atoms with Gasteiger partial charge < -0.3 is 19.9 Å². The Morgan fingerprint density at radius 2 is 2.05 bits per heavy atom. The van der Waals surface area contributed by atoms with Gasteiger partial charge in [-0.05, 0) is 25.0 Å². The number of quaternary nitrogens is 1. The first-order valence-electron chi connectivity index (χ1n) is 7.95. The summed E-state index contributed by atoms with van der Waals surface area (Å²) in [5.74, 6) is 2.00. The fourth-order valence-corrected chi connectivity index (χ4v) is 4.19. The molecule has 3 N–H and O–H groups in total. The Bertz CT molecular complexity index is 501. The average molecular weight is 292 g/mol. The van der Waals surface area contributed by atoms with Crippen LogP contribution in [0.4, 0.5) is 0 Å². The zero-order valence-electron chi connectivity index (χ0n) is 13.0. The van der Waals surface area contributed by atoms with Crippen molar-refractivity contribution in [1.29, 1.82) is 0 Å². The third-order valence-corrected chi connectivity index (χ3v) is 5.30. The molecule has 0 bridgehead atoms.